The zero-order valence-electron chi connectivity index (χ0n) is 16.0. The van der Waals surface area contributed by atoms with Crippen LogP contribution < -0.4 is 11.2 Å². The summed E-state index contributed by atoms with van der Waals surface area (Å²) in [4.78, 5) is 38.8. The van der Waals surface area contributed by atoms with E-state index >= 15 is 0 Å². The van der Waals surface area contributed by atoms with Crippen LogP contribution in [0.4, 0.5) is 9.18 Å². The van der Waals surface area contributed by atoms with Gasteiger partial charge in [-0.1, -0.05) is 20.8 Å². The number of methoxy groups -OCH3 is 1. The quantitative estimate of drug-likeness (QED) is 0.801. The molecule has 0 bridgehead atoms. The maximum absolute atomic E-state index is 13.7. The van der Waals surface area contributed by atoms with Crippen molar-refractivity contribution in [3.8, 4) is 0 Å². The van der Waals surface area contributed by atoms with Gasteiger partial charge in [0.1, 0.15) is 6.17 Å². The van der Waals surface area contributed by atoms with E-state index in [4.69, 9.17) is 9.16 Å². The number of likely N-dealkylation sites (tertiary alicyclic amines) is 1. The number of carbonyl (C=O) groups is 1. The number of carbonyl (C=O) groups excluding carboxylic acids is 1. The van der Waals surface area contributed by atoms with Gasteiger partial charge in [0.25, 0.3) is 5.56 Å². The minimum atomic E-state index is -2.11. The lowest BCUT2D eigenvalue weighted by molar-refractivity contribution is 0.100. The normalized spacial score (nSPS) is 21.1. The third-order valence-electron chi connectivity index (χ3n) is 5.16. The Balaban J connectivity index is 2.36. The van der Waals surface area contributed by atoms with Gasteiger partial charge < -0.3 is 9.16 Å². The summed E-state index contributed by atoms with van der Waals surface area (Å²) in [6.07, 6.45) is -0.642. The highest BCUT2D eigenvalue weighted by atomic mass is 28.4. The fraction of sp³-hybridized carbons (Fsp3) is 0.688. The van der Waals surface area contributed by atoms with Crippen LogP contribution in [0.1, 0.15) is 33.4 Å². The second-order valence-corrected chi connectivity index (χ2v) is 12.7. The van der Waals surface area contributed by atoms with E-state index in [0.717, 1.165) is 10.8 Å². The van der Waals surface area contributed by atoms with Gasteiger partial charge in [0.05, 0.1) is 26.0 Å². The molecule has 8 nitrogen and oxygen atoms in total. The van der Waals surface area contributed by atoms with Gasteiger partial charge in [-0.2, -0.15) is 4.39 Å². The van der Waals surface area contributed by atoms with Crippen LogP contribution in [0.2, 0.25) is 18.1 Å². The Morgan fingerprint density at radius 3 is 2.50 bits per heavy atom. The monoisotopic (exact) mass is 387 g/mol. The molecule has 0 spiro atoms. The lowest BCUT2D eigenvalue weighted by Crippen LogP contribution is -2.44. The minimum Gasteiger partial charge on any atom is -0.453 e. The second-order valence-electron chi connectivity index (χ2n) is 7.98. The van der Waals surface area contributed by atoms with E-state index in [1.165, 1.54) is 12.0 Å². The Morgan fingerprint density at radius 2 is 1.96 bits per heavy atom. The van der Waals surface area contributed by atoms with Crippen molar-refractivity contribution in [3.63, 3.8) is 0 Å². The van der Waals surface area contributed by atoms with Gasteiger partial charge in [-0.05, 0) is 18.1 Å². The Kier molecular flexibility index (Phi) is 5.48. The highest BCUT2D eigenvalue weighted by molar-refractivity contribution is 6.74. The minimum absolute atomic E-state index is 0.0257. The number of hydrogen-bond donors (Lipinski definition) is 1. The number of aromatic amines is 1. The number of ether oxygens (including phenoxy) is 1. The molecule has 1 fully saturated rings. The van der Waals surface area contributed by atoms with Crippen molar-refractivity contribution in [3.05, 3.63) is 32.9 Å². The first kappa shape index (κ1) is 20.4. The smallest absolute Gasteiger partial charge is 0.411 e. The summed E-state index contributed by atoms with van der Waals surface area (Å²) < 4.78 is 25.8. The van der Waals surface area contributed by atoms with Crippen LogP contribution in [-0.2, 0) is 9.16 Å². The van der Waals surface area contributed by atoms with Gasteiger partial charge in [0, 0.05) is 6.42 Å². The van der Waals surface area contributed by atoms with E-state index in [1.807, 2.05) is 4.98 Å². The zero-order valence-corrected chi connectivity index (χ0v) is 17.0. The van der Waals surface area contributed by atoms with Crippen LogP contribution in [0.25, 0.3) is 0 Å². The molecule has 2 heterocycles. The van der Waals surface area contributed by atoms with Crippen LogP contribution in [0, 0.1) is 5.82 Å². The van der Waals surface area contributed by atoms with Crippen LogP contribution >= 0.6 is 0 Å². The molecule has 10 heteroatoms. The van der Waals surface area contributed by atoms with Gasteiger partial charge >= 0.3 is 11.8 Å². The number of amides is 1. The molecule has 1 saturated heterocycles. The first-order valence-corrected chi connectivity index (χ1v) is 11.3. The number of H-pyrrole nitrogens is 1. The van der Waals surface area contributed by atoms with Crippen molar-refractivity contribution in [1.29, 1.82) is 0 Å². The molecule has 1 aromatic rings. The third-order valence-corrected chi connectivity index (χ3v) is 9.69. The fourth-order valence-electron chi connectivity index (χ4n) is 2.72. The molecule has 1 aliphatic rings. The molecule has 1 aromatic heterocycles. The molecular weight excluding hydrogens is 361 g/mol. The van der Waals surface area contributed by atoms with E-state index in [9.17, 15) is 18.8 Å². The van der Waals surface area contributed by atoms with Crippen molar-refractivity contribution < 1.29 is 18.3 Å². The summed E-state index contributed by atoms with van der Waals surface area (Å²) in [5.74, 6) is -1.09. The molecule has 0 aliphatic carbocycles. The summed E-state index contributed by atoms with van der Waals surface area (Å²) in [6, 6.07) is 0. The summed E-state index contributed by atoms with van der Waals surface area (Å²) in [6.45, 7) is 10.7. The molecule has 0 unspecified atom stereocenters. The van der Waals surface area contributed by atoms with Gasteiger partial charge in [-0.15, -0.1) is 0 Å². The van der Waals surface area contributed by atoms with Gasteiger partial charge in [0.2, 0.25) is 5.82 Å². The van der Waals surface area contributed by atoms with Crippen LogP contribution in [-0.4, -0.2) is 48.6 Å². The van der Waals surface area contributed by atoms with E-state index in [2.05, 4.69) is 33.9 Å². The standard InChI is InChI=1S/C16H26FN3O5Si/c1-16(2,3)26(5,6)25-10-7-12(20(8-10)15(23)24-4)19-9-11(17)13(21)18-14(19)22/h9-10,12H,7-8H2,1-6H3,(H,18,21,22)/t10-,12-/m1/s1. The van der Waals surface area contributed by atoms with Crippen molar-refractivity contribution in [1.82, 2.24) is 14.5 Å². The van der Waals surface area contributed by atoms with Crippen LogP contribution in [0.5, 0.6) is 0 Å². The van der Waals surface area contributed by atoms with Crippen molar-refractivity contribution in [2.45, 2.75) is 57.6 Å². The Labute approximate surface area is 152 Å². The summed E-state index contributed by atoms with van der Waals surface area (Å²) >= 11 is 0. The van der Waals surface area contributed by atoms with Gasteiger partial charge in [-0.25, -0.2) is 9.59 Å². The van der Waals surface area contributed by atoms with Crippen molar-refractivity contribution in [2.24, 2.45) is 0 Å². The van der Waals surface area contributed by atoms with Gasteiger partial charge in [0.15, 0.2) is 8.32 Å². The molecule has 1 aliphatic heterocycles. The summed E-state index contributed by atoms with van der Waals surface area (Å²) in [7, 11) is -0.873. The highest BCUT2D eigenvalue weighted by Crippen LogP contribution is 2.40. The number of hydrogen-bond acceptors (Lipinski definition) is 5. The summed E-state index contributed by atoms with van der Waals surface area (Å²) in [5.41, 5.74) is -1.88. The fourth-order valence-corrected chi connectivity index (χ4v) is 4.07. The maximum atomic E-state index is 13.7. The topological polar surface area (TPSA) is 93.6 Å². The van der Waals surface area contributed by atoms with E-state index < -0.39 is 37.6 Å². The molecule has 0 aromatic carbocycles. The van der Waals surface area contributed by atoms with E-state index in [-0.39, 0.29) is 17.7 Å². The van der Waals surface area contributed by atoms with E-state index in [0.29, 0.717) is 6.42 Å². The average Bonchev–Trinajstić information content (AvgIpc) is 2.91. The lowest BCUT2D eigenvalue weighted by atomic mass is 10.2. The predicted molar refractivity (Wildman–Crippen MR) is 96.1 cm³/mol. The number of nitrogens with one attached hydrogen (secondary N) is 1. The number of rotatable bonds is 3. The van der Waals surface area contributed by atoms with Crippen LogP contribution in [0.3, 0.4) is 0 Å². The first-order chi connectivity index (χ1) is 11.9. The molecule has 0 saturated carbocycles. The number of halogens is 1. The molecule has 2 rings (SSSR count). The van der Waals surface area contributed by atoms with E-state index in [1.54, 1.807) is 0 Å². The number of aromatic nitrogens is 2. The predicted octanol–water partition coefficient (Wildman–Crippen LogP) is 2.04. The Hall–Kier alpha value is -1.94. The number of nitrogens with zero attached hydrogens (tertiary/aromatic N) is 2. The third kappa shape index (κ3) is 3.90. The molecule has 1 amide bonds. The molecule has 26 heavy (non-hydrogen) atoms. The zero-order chi connectivity index (χ0) is 19.9. The molecule has 2 atom stereocenters. The SMILES string of the molecule is COC(=O)N1C[C@H](O[Si](C)(C)C(C)(C)C)C[C@@H]1n1cc(F)c(=O)[nH]c1=O. The summed E-state index contributed by atoms with van der Waals surface area (Å²) in [5, 5.41) is -0.0257. The molecule has 0 radical (unpaired) electrons. The largest absolute Gasteiger partial charge is 0.453 e. The molecular formula is C16H26FN3O5Si. The maximum Gasteiger partial charge on any atom is 0.411 e. The molecule has 1 N–H and O–H groups in total. The van der Waals surface area contributed by atoms with Crippen LogP contribution in [0.15, 0.2) is 15.8 Å². The Bertz CT molecular complexity index is 798. The van der Waals surface area contributed by atoms with Crippen molar-refractivity contribution >= 4 is 14.4 Å². The van der Waals surface area contributed by atoms with Crippen molar-refractivity contribution in [2.75, 3.05) is 13.7 Å². The first-order valence-electron chi connectivity index (χ1n) is 8.41. The Morgan fingerprint density at radius 1 is 1.35 bits per heavy atom. The molecule has 146 valence electrons. The van der Waals surface area contributed by atoms with Gasteiger partial charge in [-0.3, -0.25) is 19.2 Å². The second kappa shape index (κ2) is 6.99. The average molecular weight is 387 g/mol. The lowest BCUT2D eigenvalue weighted by Gasteiger charge is -2.38. The highest BCUT2D eigenvalue weighted by Gasteiger charge is 2.44.